The lowest BCUT2D eigenvalue weighted by Crippen LogP contribution is -2.51. The average molecular weight is 449 g/mol. The number of rotatable bonds is 3. The first-order valence-electron chi connectivity index (χ1n) is 8.85. The number of nitrogens with one attached hydrogen (secondary N) is 2. The van der Waals surface area contributed by atoms with Crippen LogP contribution >= 0.6 is 23.2 Å². The molecule has 0 spiro atoms. The number of aliphatic hydroxyl groups excluding tert-OH is 1. The molecule has 0 fully saturated rings. The van der Waals surface area contributed by atoms with Gasteiger partial charge in [0.05, 0.1) is 15.7 Å². The number of aromatic amines is 1. The molecule has 2 amide bonds. The molecule has 0 saturated heterocycles. The highest BCUT2D eigenvalue weighted by molar-refractivity contribution is 6.37. The van der Waals surface area contributed by atoms with Crippen LogP contribution < -0.4 is 20.6 Å². The van der Waals surface area contributed by atoms with Crippen LogP contribution in [0.4, 0.5) is 10.5 Å². The van der Waals surface area contributed by atoms with Crippen molar-refractivity contribution < 1.29 is 14.6 Å². The zero-order valence-corrected chi connectivity index (χ0v) is 17.0. The summed E-state index contributed by atoms with van der Waals surface area (Å²) < 4.78 is 5.82. The molecule has 2 heterocycles. The second-order valence-electron chi connectivity index (χ2n) is 6.79. The molecule has 154 valence electrons. The van der Waals surface area contributed by atoms with Gasteiger partial charge in [-0.05, 0) is 30.9 Å². The van der Waals surface area contributed by atoms with Crippen LogP contribution in [0.1, 0.15) is 30.4 Å². The summed E-state index contributed by atoms with van der Waals surface area (Å²) in [6.45, 7) is 1.95. The standard InChI is InChI=1S/C18H14Cl2N6O4/c1-7-2-3-9-13(7)16(28)23-24-17(9)30-14-10(19)4-8(5-11(14)20)26-18(29)22-15(27)12(6-21)25-26/h4-5,7,15,27H,2-3H2,1H3,(H,22,29)(H,23,28)/t7-,15?/m0/s1. The highest BCUT2D eigenvalue weighted by Gasteiger charge is 2.30. The number of benzene rings is 1. The van der Waals surface area contributed by atoms with Gasteiger partial charge in [0.15, 0.2) is 17.7 Å². The SMILES string of the molecule is C[C@H]1CCc2c(Oc3c(Cl)cc(N4N=C(C#N)C(O)NC4=O)cc3Cl)n[nH]c(=O)c21. The molecule has 0 saturated carbocycles. The molecular formula is C18H14Cl2N6O4. The van der Waals surface area contributed by atoms with Crippen molar-refractivity contribution in [3.05, 3.63) is 43.7 Å². The molecule has 30 heavy (non-hydrogen) atoms. The molecule has 2 aliphatic rings. The van der Waals surface area contributed by atoms with Crippen LogP contribution in [-0.4, -0.2) is 33.3 Å². The third-order valence-corrected chi connectivity index (χ3v) is 5.43. The second kappa shape index (κ2) is 7.60. The fourth-order valence-electron chi connectivity index (χ4n) is 3.41. The van der Waals surface area contributed by atoms with Gasteiger partial charge >= 0.3 is 6.03 Å². The van der Waals surface area contributed by atoms with E-state index in [1.807, 2.05) is 6.92 Å². The Morgan fingerprint density at radius 1 is 1.33 bits per heavy atom. The summed E-state index contributed by atoms with van der Waals surface area (Å²) in [4.78, 5) is 24.2. The number of fused-ring (bicyclic) bond motifs is 1. The molecule has 2 atom stereocenters. The molecule has 1 aliphatic carbocycles. The number of aromatic nitrogens is 2. The predicted molar refractivity (Wildman–Crippen MR) is 108 cm³/mol. The molecule has 2 aromatic rings. The largest absolute Gasteiger partial charge is 0.434 e. The smallest absolute Gasteiger partial charge is 0.344 e. The van der Waals surface area contributed by atoms with Crippen molar-refractivity contribution in [1.82, 2.24) is 15.5 Å². The molecule has 0 bridgehead atoms. The lowest BCUT2D eigenvalue weighted by Gasteiger charge is -2.25. The summed E-state index contributed by atoms with van der Waals surface area (Å²) in [5, 5.41) is 32.0. The van der Waals surface area contributed by atoms with Crippen molar-refractivity contribution >= 4 is 40.6 Å². The molecule has 4 rings (SSSR count). The number of H-pyrrole nitrogens is 1. The topological polar surface area (TPSA) is 144 Å². The Balaban J connectivity index is 1.71. The van der Waals surface area contributed by atoms with Gasteiger partial charge in [-0.3, -0.25) is 4.79 Å². The summed E-state index contributed by atoms with van der Waals surface area (Å²) in [5.74, 6) is 0.377. The number of hydrogen-bond donors (Lipinski definition) is 3. The van der Waals surface area contributed by atoms with Gasteiger partial charge in [0.25, 0.3) is 5.56 Å². The molecule has 1 aromatic heterocycles. The van der Waals surface area contributed by atoms with Crippen LogP contribution in [0.3, 0.4) is 0 Å². The van der Waals surface area contributed by atoms with Gasteiger partial charge < -0.3 is 15.2 Å². The van der Waals surface area contributed by atoms with Crippen molar-refractivity contribution in [3.8, 4) is 17.7 Å². The van der Waals surface area contributed by atoms with Crippen LogP contribution in [-0.2, 0) is 6.42 Å². The average Bonchev–Trinajstić information content (AvgIpc) is 3.09. The van der Waals surface area contributed by atoms with Gasteiger partial charge in [-0.15, -0.1) is 5.10 Å². The second-order valence-corrected chi connectivity index (χ2v) is 7.61. The first kappa shape index (κ1) is 20.2. The number of carbonyl (C=O) groups is 1. The number of aliphatic hydroxyl groups is 1. The van der Waals surface area contributed by atoms with Crippen LogP contribution in [0, 0.1) is 11.3 Å². The number of ether oxygens (including phenoxy) is 1. The van der Waals surface area contributed by atoms with Crippen molar-refractivity contribution in [2.24, 2.45) is 5.10 Å². The summed E-state index contributed by atoms with van der Waals surface area (Å²) in [6, 6.07) is 3.66. The molecule has 12 heteroatoms. The minimum Gasteiger partial charge on any atom is -0.434 e. The number of urea groups is 1. The van der Waals surface area contributed by atoms with Gasteiger partial charge in [-0.1, -0.05) is 30.1 Å². The minimum absolute atomic E-state index is 0.0536. The van der Waals surface area contributed by atoms with E-state index in [2.05, 4.69) is 20.6 Å². The summed E-state index contributed by atoms with van der Waals surface area (Å²) >= 11 is 12.7. The van der Waals surface area contributed by atoms with Gasteiger partial charge in [0, 0.05) is 11.1 Å². The zero-order chi connectivity index (χ0) is 21.6. The van der Waals surface area contributed by atoms with Crippen molar-refractivity contribution in [2.45, 2.75) is 31.9 Å². The van der Waals surface area contributed by atoms with Gasteiger partial charge in [0.2, 0.25) is 5.88 Å². The van der Waals surface area contributed by atoms with E-state index in [0.29, 0.717) is 17.5 Å². The summed E-state index contributed by atoms with van der Waals surface area (Å²) in [5.41, 5.74) is 0.937. The van der Waals surface area contributed by atoms with Gasteiger partial charge in [0.1, 0.15) is 6.07 Å². The van der Waals surface area contributed by atoms with Crippen molar-refractivity contribution in [2.75, 3.05) is 5.01 Å². The van der Waals surface area contributed by atoms with E-state index < -0.39 is 12.3 Å². The number of nitriles is 1. The Bertz CT molecular complexity index is 1170. The quantitative estimate of drug-likeness (QED) is 0.657. The molecule has 1 aliphatic heterocycles. The highest BCUT2D eigenvalue weighted by Crippen LogP contribution is 2.42. The fraction of sp³-hybridized carbons (Fsp3) is 0.278. The number of carbonyl (C=O) groups excluding carboxylic acids is 1. The summed E-state index contributed by atoms with van der Waals surface area (Å²) in [6.07, 6.45) is -0.0586. The molecule has 3 N–H and O–H groups in total. The predicted octanol–water partition coefficient (Wildman–Crippen LogP) is 2.65. The van der Waals surface area contributed by atoms with E-state index in [1.165, 1.54) is 12.1 Å². The van der Waals surface area contributed by atoms with Gasteiger partial charge in [-0.2, -0.15) is 15.4 Å². The van der Waals surface area contributed by atoms with E-state index in [-0.39, 0.29) is 44.6 Å². The molecule has 10 nitrogen and oxygen atoms in total. The molecule has 1 aromatic carbocycles. The summed E-state index contributed by atoms with van der Waals surface area (Å²) in [7, 11) is 0. The maximum absolute atomic E-state index is 12.1. The first-order chi connectivity index (χ1) is 14.3. The Labute approximate surface area is 179 Å². The number of hydrogen-bond acceptors (Lipinski definition) is 7. The normalized spacial score (nSPS) is 20.3. The minimum atomic E-state index is -1.50. The van der Waals surface area contributed by atoms with Crippen LogP contribution in [0.2, 0.25) is 10.0 Å². The van der Waals surface area contributed by atoms with E-state index in [0.717, 1.165) is 11.4 Å². The van der Waals surface area contributed by atoms with Crippen LogP contribution in [0.15, 0.2) is 22.0 Å². The Morgan fingerprint density at radius 2 is 2.03 bits per heavy atom. The molecule has 1 unspecified atom stereocenters. The van der Waals surface area contributed by atoms with E-state index in [1.54, 1.807) is 6.07 Å². The third kappa shape index (κ3) is 3.37. The molecular weight excluding hydrogens is 435 g/mol. The lowest BCUT2D eigenvalue weighted by atomic mass is 10.1. The maximum Gasteiger partial charge on any atom is 0.344 e. The number of amides is 2. The van der Waals surface area contributed by atoms with Crippen LogP contribution in [0.5, 0.6) is 11.6 Å². The molecule has 0 radical (unpaired) electrons. The third-order valence-electron chi connectivity index (χ3n) is 4.87. The number of nitrogens with zero attached hydrogens (tertiary/aromatic N) is 4. The Kier molecular flexibility index (Phi) is 5.11. The van der Waals surface area contributed by atoms with Crippen molar-refractivity contribution in [1.29, 1.82) is 5.26 Å². The Morgan fingerprint density at radius 3 is 2.70 bits per heavy atom. The lowest BCUT2D eigenvalue weighted by molar-refractivity contribution is 0.190. The first-order valence-corrected chi connectivity index (χ1v) is 9.61. The number of halogens is 2. The Hall–Kier alpha value is -3.13. The van der Waals surface area contributed by atoms with E-state index >= 15 is 0 Å². The number of hydrazone groups is 1. The van der Waals surface area contributed by atoms with Crippen molar-refractivity contribution in [3.63, 3.8) is 0 Å². The highest BCUT2D eigenvalue weighted by atomic mass is 35.5. The monoisotopic (exact) mass is 448 g/mol. The van der Waals surface area contributed by atoms with Crippen LogP contribution in [0.25, 0.3) is 0 Å². The van der Waals surface area contributed by atoms with Gasteiger partial charge in [-0.25, -0.2) is 9.89 Å². The van der Waals surface area contributed by atoms with E-state index in [4.69, 9.17) is 33.2 Å². The number of anilines is 1. The zero-order valence-electron chi connectivity index (χ0n) is 15.4. The van der Waals surface area contributed by atoms with E-state index in [9.17, 15) is 14.7 Å². The maximum atomic E-state index is 12.1. The fourth-order valence-corrected chi connectivity index (χ4v) is 3.96.